The summed E-state index contributed by atoms with van der Waals surface area (Å²) in [7, 11) is 0. The molecule has 5 heteroatoms. The van der Waals surface area contributed by atoms with Crippen molar-refractivity contribution in [3.8, 4) is 5.69 Å². The molecule has 0 aliphatic rings. The molecular weight excluding hydrogens is 384 g/mol. The summed E-state index contributed by atoms with van der Waals surface area (Å²) in [6.45, 7) is 16.7. The molecule has 1 aromatic heterocycles. The van der Waals surface area contributed by atoms with Crippen LogP contribution in [0.5, 0.6) is 0 Å². The summed E-state index contributed by atoms with van der Waals surface area (Å²) in [5.74, 6) is 1.09. The van der Waals surface area contributed by atoms with Gasteiger partial charge in [0.1, 0.15) is 5.82 Å². The quantitative estimate of drug-likeness (QED) is 0.466. The van der Waals surface area contributed by atoms with E-state index in [4.69, 9.17) is 5.10 Å². The van der Waals surface area contributed by atoms with Gasteiger partial charge in [0.15, 0.2) is 0 Å². The maximum atomic E-state index is 12.6. The first-order valence-electron chi connectivity index (χ1n) is 11.0. The van der Waals surface area contributed by atoms with Crippen molar-refractivity contribution >= 4 is 17.5 Å². The number of anilines is 2. The number of aryl methyl sites for hydroxylation is 1. The lowest BCUT2D eigenvalue weighted by molar-refractivity contribution is 0.262. The topological polar surface area (TPSA) is 59.0 Å². The molecule has 5 nitrogen and oxygen atoms in total. The van der Waals surface area contributed by atoms with Gasteiger partial charge in [0.25, 0.3) is 0 Å². The summed E-state index contributed by atoms with van der Waals surface area (Å²) in [4.78, 5) is 12.6. The number of nitrogens with zero attached hydrogens (tertiary/aromatic N) is 2. The Morgan fingerprint density at radius 2 is 1.52 bits per heavy atom. The van der Waals surface area contributed by atoms with Gasteiger partial charge in [-0.2, -0.15) is 5.10 Å². The summed E-state index contributed by atoms with van der Waals surface area (Å²) in [5.41, 5.74) is 4.86. The molecule has 0 saturated carbocycles. The summed E-state index contributed by atoms with van der Waals surface area (Å²) >= 11 is 0. The zero-order chi connectivity index (χ0) is 23.2. The Morgan fingerprint density at radius 3 is 2.03 bits per heavy atom. The van der Waals surface area contributed by atoms with Gasteiger partial charge in [-0.15, -0.1) is 0 Å². The van der Waals surface area contributed by atoms with E-state index in [-0.39, 0.29) is 11.4 Å². The van der Waals surface area contributed by atoms with E-state index in [2.05, 4.69) is 45.3 Å². The Bertz CT molecular complexity index is 978. The minimum absolute atomic E-state index is 0.129. The molecule has 0 saturated heterocycles. The Hall–Kier alpha value is -3.08. The summed E-state index contributed by atoms with van der Waals surface area (Å²) in [6.07, 6.45) is 0. The molecule has 1 heterocycles. The second-order valence-corrected chi connectivity index (χ2v) is 8.77. The van der Waals surface area contributed by atoms with Gasteiger partial charge in [-0.25, -0.2) is 9.48 Å². The molecule has 0 aliphatic heterocycles. The van der Waals surface area contributed by atoms with Crippen LogP contribution in [-0.4, -0.2) is 15.8 Å². The standard InChI is InChI=1S/C24H30N4O.C2H6/c1-16(2)18-9-11-19(12-10-18)25-23(29)26-22-15-21(24(4,5)6)27-28(22)20-13-7-17(3)8-14-20;1-2/h7-16H,1-6H3,(H2,25,26,29);1-2H3. The monoisotopic (exact) mass is 420 g/mol. The maximum Gasteiger partial charge on any atom is 0.324 e. The van der Waals surface area contributed by atoms with Crippen molar-refractivity contribution in [2.75, 3.05) is 10.6 Å². The average molecular weight is 421 g/mol. The maximum absolute atomic E-state index is 12.6. The first-order chi connectivity index (χ1) is 14.6. The van der Waals surface area contributed by atoms with Crippen molar-refractivity contribution in [3.05, 3.63) is 71.4 Å². The van der Waals surface area contributed by atoms with Gasteiger partial charge in [0.05, 0.1) is 11.4 Å². The van der Waals surface area contributed by atoms with E-state index in [0.29, 0.717) is 11.7 Å². The third-order valence-corrected chi connectivity index (χ3v) is 4.83. The van der Waals surface area contributed by atoms with Crippen molar-refractivity contribution in [3.63, 3.8) is 0 Å². The van der Waals surface area contributed by atoms with E-state index < -0.39 is 0 Å². The molecule has 166 valence electrons. The van der Waals surface area contributed by atoms with Crippen LogP contribution in [0.4, 0.5) is 16.3 Å². The highest BCUT2D eigenvalue weighted by molar-refractivity contribution is 5.99. The van der Waals surface area contributed by atoms with Gasteiger partial charge in [-0.1, -0.05) is 78.3 Å². The molecule has 0 fully saturated rings. The van der Waals surface area contributed by atoms with Crippen LogP contribution in [0.3, 0.4) is 0 Å². The molecule has 3 aromatic rings. The van der Waals surface area contributed by atoms with Crippen molar-refractivity contribution in [1.82, 2.24) is 9.78 Å². The van der Waals surface area contributed by atoms with E-state index in [0.717, 1.165) is 17.1 Å². The van der Waals surface area contributed by atoms with E-state index in [1.165, 1.54) is 11.1 Å². The molecule has 2 amide bonds. The van der Waals surface area contributed by atoms with E-state index in [1.54, 1.807) is 4.68 Å². The second kappa shape index (κ2) is 10.3. The normalized spacial score (nSPS) is 11.0. The fourth-order valence-corrected chi connectivity index (χ4v) is 2.95. The SMILES string of the molecule is CC.Cc1ccc(-n2nc(C(C)(C)C)cc2NC(=O)Nc2ccc(C(C)C)cc2)cc1. The number of nitrogens with one attached hydrogen (secondary N) is 2. The smallest absolute Gasteiger partial charge is 0.308 e. The van der Waals surface area contributed by atoms with Crippen LogP contribution in [-0.2, 0) is 5.41 Å². The van der Waals surface area contributed by atoms with Crippen molar-refractivity contribution in [2.45, 2.75) is 66.7 Å². The molecule has 31 heavy (non-hydrogen) atoms. The third kappa shape index (κ3) is 6.45. The molecule has 0 unspecified atom stereocenters. The minimum Gasteiger partial charge on any atom is -0.308 e. The summed E-state index contributed by atoms with van der Waals surface area (Å²) in [5, 5.41) is 10.6. The van der Waals surface area contributed by atoms with Crippen LogP contribution in [0.15, 0.2) is 54.6 Å². The Morgan fingerprint density at radius 1 is 0.935 bits per heavy atom. The molecule has 2 aromatic carbocycles. The number of carbonyl (C=O) groups excluding carboxylic acids is 1. The lowest BCUT2D eigenvalue weighted by Crippen LogP contribution is -2.21. The Kier molecular flexibility index (Phi) is 8.03. The molecule has 0 atom stereocenters. The van der Waals surface area contributed by atoms with Crippen LogP contribution >= 0.6 is 0 Å². The molecule has 0 radical (unpaired) electrons. The number of rotatable bonds is 4. The van der Waals surface area contributed by atoms with Crippen molar-refractivity contribution in [1.29, 1.82) is 0 Å². The average Bonchev–Trinajstić information content (AvgIpc) is 3.14. The van der Waals surface area contributed by atoms with Gasteiger partial charge >= 0.3 is 6.03 Å². The zero-order valence-corrected chi connectivity index (χ0v) is 20.1. The molecule has 3 rings (SSSR count). The fourth-order valence-electron chi connectivity index (χ4n) is 2.95. The third-order valence-electron chi connectivity index (χ3n) is 4.83. The Balaban J connectivity index is 0.00000166. The summed E-state index contributed by atoms with van der Waals surface area (Å²) < 4.78 is 1.78. The lowest BCUT2D eigenvalue weighted by atomic mass is 9.92. The van der Waals surface area contributed by atoms with Crippen LogP contribution < -0.4 is 10.6 Å². The number of hydrogen-bond acceptors (Lipinski definition) is 2. The fraction of sp³-hybridized carbons (Fsp3) is 0.385. The van der Waals surface area contributed by atoms with Gasteiger partial charge in [0.2, 0.25) is 0 Å². The van der Waals surface area contributed by atoms with Gasteiger partial charge < -0.3 is 5.32 Å². The van der Waals surface area contributed by atoms with Crippen LogP contribution in [0, 0.1) is 6.92 Å². The van der Waals surface area contributed by atoms with Gasteiger partial charge in [-0.3, -0.25) is 5.32 Å². The van der Waals surface area contributed by atoms with E-state index in [1.807, 2.05) is 75.4 Å². The second-order valence-electron chi connectivity index (χ2n) is 8.77. The largest absolute Gasteiger partial charge is 0.324 e. The molecule has 0 bridgehead atoms. The van der Waals surface area contributed by atoms with E-state index in [9.17, 15) is 4.79 Å². The predicted molar refractivity (Wildman–Crippen MR) is 132 cm³/mol. The summed E-state index contributed by atoms with van der Waals surface area (Å²) in [6, 6.07) is 17.6. The molecular formula is C26H36N4O. The first-order valence-corrected chi connectivity index (χ1v) is 11.0. The number of carbonyl (C=O) groups is 1. The highest BCUT2D eigenvalue weighted by Gasteiger charge is 2.21. The van der Waals surface area contributed by atoms with Crippen LogP contribution in [0.25, 0.3) is 5.69 Å². The lowest BCUT2D eigenvalue weighted by Gasteiger charge is -2.14. The van der Waals surface area contributed by atoms with E-state index >= 15 is 0 Å². The molecule has 0 spiro atoms. The number of hydrogen-bond donors (Lipinski definition) is 2. The number of urea groups is 1. The highest BCUT2D eigenvalue weighted by atomic mass is 16.2. The first kappa shape index (κ1) is 24.2. The number of amides is 2. The highest BCUT2D eigenvalue weighted by Crippen LogP contribution is 2.26. The zero-order valence-electron chi connectivity index (χ0n) is 20.1. The molecule has 0 aliphatic carbocycles. The predicted octanol–water partition coefficient (Wildman–Crippen LogP) is 7.27. The van der Waals surface area contributed by atoms with Crippen LogP contribution in [0.1, 0.15) is 71.2 Å². The van der Waals surface area contributed by atoms with Gasteiger partial charge in [0, 0.05) is 17.2 Å². The van der Waals surface area contributed by atoms with Gasteiger partial charge in [-0.05, 0) is 42.7 Å². The van der Waals surface area contributed by atoms with Crippen molar-refractivity contribution in [2.24, 2.45) is 0 Å². The van der Waals surface area contributed by atoms with Crippen molar-refractivity contribution < 1.29 is 4.79 Å². The molecule has 2 N–H and O–H groups in total. The van der Waals surface area contributed by atoms with Crippen LogP contribution in [0.2, 0.25) is 0 Å². The number of aromatic nitrogens is 2. The number of benzene rings is 2. The Labute approximate surface area is 186 Å². The minimum atomic E-state index is -0.295.